The lowest BCUT2D eigenvalue weighted by molar-refractivity contribution is 0.459. The average Bonchev–Trinajstić information content (AvgIpc) is 2.12. The molecule has 0 fully saturated rings. The van der Waals surface area contributed by atoms with Gasteiger partial charge in [-0.25, -0.2) is 0 Å². The summed E-state index contributed by atoms with van der Waals surface area (Å²) in [4.78, 5) is 0. The molecule has 0 bridgehead atoms. The van der Waals surface area contributed by atoms with Gasteiger partial charge in [0, 0.05) is 6.04 Å². The van der Waals surface area contributed by atoms with Gasteiger partial charge in [-0.2, -0.15) is 0 Å². The van der Waals surface area contributed by atoms with Gasteiger partial charge in [0.25, 0.3) is 0 Å². The molecule has 2 nitrogen and oxygen atoms in total. The molecule has 1 atom stereocenters. The van der Waals surface area contributed by atoms with E-state index in [2.05, 4.69) is 19.9 Å². The van der Waals surface area contributed by atoms with Crippen LogP contribution in [0.15, 0.2) is 12.1 Å². The van der Waals surface area contributed by atoms with E-state index in [-0.39, 0.29) is 6.04 Å². The quantitative estimate of drug-likeness (QED) is 0.800. The highest BCUT2D eigenvalue weighted by atomic mass is 16.3. The molecule has 15 heavy (non-hydrogen) atoms. The van der Waals surface area contributed by atoms with Gasteiger partial charge in [0.2, 0.25) is 0 Å². The number of hydrogen-bond acceptors (Lipinski definition) is 2. The number of aromatic hydroxyl groups is 1. The third-order valence-corrected chi connectivity index (χ3v) is 2.67. The molecule has 0 amide bonds. The van der Waals surface area contributed by atoms with Gasteiger partial charge in [-0.3, -0.25) is 0 Å². The zero-order valence-electron chi connectivity index (χ0n) is 10.0. The Hall–Kier alpha value is -1.02. The Kier molecular flexibility index (Phi) is 3.75. The van der Waals surface area contributed by atoms with E-state index in [1.807, 2.05) is 19.9 Å². The number of phenolic OH excluding ortho intramolecular Hbond substituents is 1. The zero-order chi connectivity index (χ0) is 11.6. The molecule has 0 aliphatic carbocycles. The largest absolute Gasteiger partial charge is 0.507 e. The normalized spacial score (nSPS) is 13.2. The maximum absolute atomic E-state index is 10.0. The molecule has 0 saturated carbocycles. The van der Waals surface area contributed by atoms with Gasteiger partial charge in [0.15, 0.2) is 0 Å². The third-order valence-electron chi connectivity index (χ3n) is 2.67. The summed E-state index contributed by atoms with van der Waals surface area (Å²) >= 11 is 0. The molecule has 1 aromatic carbocycles. The van der Waals surface area contributed by atoms with Gasteiger partial charge in [-0.1, -0.05) is 26.0 Å². The molecule has 0 aliphatic rings. The highest BCUT2D eigenvalue weighted by molar-refractivity contribution is 5.46. The third kappa shape index (κ3) is 2.72. The summed E-state index contributed by atoms with van der Waals surface area (Å²) in [6, 6.07) is 4.14. The Balaban J connectivity index is 3.22. The van der Waals surface area contributed by atoms with Gasteiger partial charge >= 0.3 is 0 Å². The zero-order valence-corrected chi connectivity index (χ0v) is 10.0. The van der Waals surface area contributed by atoms with Gasteiger partial charge in [-0.05, 0) is 42.9 Å². The molecular formula is C13H21NO. The highest BCUT2D eigenvalue weighted by Crippen LogP contribution is 2.30. The van der Waals surface area contributed by atoms with Crippen LogP contribution in [0.2, 0.25) is 0 Å². The van der Waals surface area contributed by atoms with Gasteiger partial charge in [0.05, 0.1) is 0 Å². The second kappa shape index (κ2) is 4.67. The fourth-order valence-electron chi connectivity index (χ4n) is 1.85. The van der Waals surface area contributed by atoms with Crippen LogP contribution in [-0.4, -0.2) is 11.1 Å². The lowest BCUT2D eigenvalue weighted by Gasteiger charge is -2.17. The SMILES string of the molecule is Cc1ccc(C(C)C)c(CC(C)N)c1O. The van der Waals surface area contributed by atoms with E-state index in [0.717, 1.165) is 17.5 Å². The summed E-state index contributed by atoms with van der Waals surface area (Å²) in [6.45, 7) is 8.15. The van der Waals surface area contributed by atoms with Crippen LogP contribution in [0.25, 0.3) is 0 Å². The average molecular weight is 207 g/mol. The number of phenols is 1. The van der Waals surface area contributed by atoms with E-state index in [1.165, 1.54) is 5.56 Å². The van der Waals surface area contributed by atoms with Crippen LogP contribution in [0.3, 0.4) is 0 Å². The van der Waals surface area contributed by atoms with Crippen molar-refractivity contribution in [2.75, 3.05) is 0 Å². The Bertz CT molecular complexity index is 343. The molecule has 0 heterocycles. The standard InChI is InChI=1S/C13H21NO/c1-8(2)11-6-5-9(3)13(15)12(11)7-10(4)14/h5-6,8,10,15H,7,14H2,1-4H3. The summed E-state index contributed by atoms with van der Waals surface area (Å²) in [5.41, 5.74) is 8.95. The molecule has 1 unspecified atom stereocenters. The van der Waals surface area contributed by atoms with E-state index in [4.69, 9.17) is 5.73 Å². The van der Waals surface area contributed by atoms with Crippen LogP contribution in [0.5, 0.6) is 5.75 Å². The molecule has 0 saturated heterocycles. The van der Waals surface area contributed by atoms with E-state index in [1.54, 1.807) is 0 Å². The van der Waals surface area contributed by atoms with E-state index >= 15 is 0 Å². The topological polar surface area (TPSA) is 46.2 Å². The van der Waals surface area contributed by atoms with Crippen molar-refractivity contribution in [3.63, 3.8) is 0 Å². The summed E-state index contributed by atoms with van der Waals surface area (Å²) in [6.07, 6.45) is 0.737. The minimum absolute atomic E-state index is 0.0789. The predicted octanol–water partition coefficient (Wildman–Crippen LogP) is 2.71. The van der Waals surface area contributed by atoms with Crippen LogP contribution in [0.4, 0.5) is 0 Å². The Morgan fingerprint density at radius 3 is 2.33 bits per heavy atom. The summed E-state index contributed by atoms with van der Waals surface area (Å²) in [5, 5.41) is 10.0. The van der Waals surface area contributed by atoms with Gasteiger partial charge in [-0.15, -0.1) is 0 Å². The van der Waals surface area contributed by atoms with Crippen molar-refractivity contribution in [3.05, 3.63) is 28.8 Å². The molecule has 0 aliphatic heterocycles. The number of aryl methyl sites for hydroxylation is 1. The minimum atomic E-state index is 0.0789. The van der Waals surface area contributed by atoms with Crippen LogP contribution in [0, 0.1) is 6.92 Å². The van der Waals surface area contributed by atoms with Crippen molar-refractivity contribution in [3.8, 4) is 5.75 Å². The highest BCUT2D eigenvalue weighted by Gasteiger charge is 2.14. The predicted molar refractivity (Wildman–Crippen MR) is 64.3 cm³/mol. The van der Waals surface area contributed by atoms with Gasteiger partial charge < -0.3 is 10.8 Å². The van der Waals surface area contributed by atoms with Crippen LogP contribution in [-0.2, 0) is 6.42 Å². The molecule has 3 N–H and O–H groups in total. The first kappa shape index (κ1) is 12.1. The monoisotopic (exact) mass is 207 g/mol. The fraction of sp³-hybridized carbons (Fsp3) is 0.538. The Labute approximate surface area is 92.1 Å². The molecule has 84 valence electrons. The fourth-order valence-corrected chi connectivity index (χ4v) is 1.85. The van der Waals surface area contributed by atoms with Crippen molar-refractivity contribution >= 4 is 0 Å². The first-order valence-electron chi connectivity index (χ1n) is 5.50. The number of nitrogens with two attached hydrogens (primary N) is 1. The van der Waals surface area contributed by atoms with Crippen LogP contribution >= 0.6 is 0 Å². The lowest BCUT2D eigenvalue weighted by Crippen LogP contribution is -2.19. The number of hydrogen-bond donors (Lipinski definition) is 2. The van der Waals surface area contributed by atoms with E-state index in [9.17, 15) is 5.11 Å². The maximum atomic E-state index is 10.0. The van der Waals surface area contributed by atoms with Crippen molar-refractivity contribution in [2.45, 2.75) is 46.1 Å². The second-order valence-corrected chi connectivity index (χ2v) is 4.63. The molecular weight excluding hydrogens is 186 g/mol. The molecule has 0 radical (unpaired) electrons. The Morgan fingerprint density at radius 2 is 1.87 bits per heavy atom. The number of benzene rings is 1. The van der Waals surface area contributed by atoms with Crippen LogP contribution < -0.4 is 5.73 Å². The maximum Gasteiger partial charge on any atom is 0.122 e. The molecule has 0 aromatic heterocycles. The molecule has 2 heteroatoms. The first-order valence-corrected chi connectivity index (χ1v) is 5.50. The first-order chi connectivity index (χ1) is 6.93. The summed E-state index contributed by atoms with van der Waals surface area (Å²) < 4.78 is 0. The molecule has 1 aromatic rings. The molecule has 1 rings (SSSR count). The minimum Gasteiger partial charge on any atom is -0.507 e. The summed E-state index contributed by atoms with van der Waals surface area (Å²) in [5.74, 6) is 0.837. The van der Waals surface area contributed by atoms with Crippen LogP contribution in [0.1, 0.15) is 43.4 Å². The number of rotatable bonds is 3. The van der Waals surface area contributed by atoms with E-state index in [0.29, 0.717) is 11.7 Å². The van der Waals surface area contributed by atoms with Gasteiger partial charge in [0.1, 0.15) is 5.75 Å². The smallest absolute Gasteiger partial charge is 0.122 e. The lowest BCUT2D eigenvalue weighted by atomic mass is 9.91. The second-order valence-electron chi connectivity index (χ2n) is 4.63. The van der Waals surface area contributed by atoms with E-state index < -0.39 is 0 Å². The van der Waals surface area contributed by atoms with Crippen molar-refractivity contribution < 1.29 is 5.11 Å². The molecule has 0 spiro atoms. The Morgan fingerprint density at radius 1 is 1.27 bits per heavy atom. The van der Waals surface area contributed by atoms with Crippen molar-refractivity contribution in [2.24, 2.45) is 5.73 Å². The van der Waals surface area contributed by atoms with Crippen molar-refractivity contribution in [1.29, 1.82) is 0 Å². The summed E-state index contributed by atoms with van der Waals surface area (Å²) in [7, 11) is 0. The van der Waals surface area contributed by atoms with Crippen molar-refractivity contribution in [1.82, 2.24) is 0 Å².